The molecule has 2 amide bonds. The number of imide groups is 1. The molecule has 1 unspecified atom stereocenters. The van der Waals surface area contributed by atoms with Crippen molar-refractivity contribution >= 4 is 33.8 Å². The standard InChI is InChI=1S/C19H16N2O3S/c1-24-15-6-2-12(3-7-15)11-21-9-8-13-4-5-14(10-16(13)21)17-18(22)20-19(23)25-17/h2-10,17H,11H2,1H3,(H,20,22,23). The number of ether oxygens (including phenoxy) is 1. The number of fused-ring (bicyclic) bond motifs is 1. The first-order valence-electron chi connectivity index (χ1n) is 7.87. The van der Waals surface area contributed by atoms with Gasteiger partial charge < -0.3 is 9.30 Å². The minimum Gasteiger partial charge on any atom is -0.497 e. The first-order chi connectivity index (χ1) is 12.1. The zero-order chi connectivity index (χ0) is 17.4. The summed E-state index contributed by atoms with van der Waals surface area (Å²) in [5, 5.41) is 2.68. The summed E-state index contributed by atoms with van der Waals surface area (Å²) in [6.07, 6.45) is 2.03. The molecule has 25 heavy (non-hydrogen) atoms. The van der Waals surface area contributed by atoms with Crippen molar-refractivity contribution in [2.45, 2.75) is 11.8 Å². The molecule has 5 nitrogen and oxygen atoms in total. The number of carbonyl (C=O) groups excluding carboxylic acids is 2. The molecule has 0 spiro atoms. The number of nitrogens with one attached hydrogen (secondary N) is 1. The van der Waals surface area contributed by atoms with Gasteiger partial charge in [-0.15, -0.1) is 0 Å². The Morgan fingerprint density at radius 2 is 1.92 bits per heavy atom. The number of hydrogen-bond acceptors (Lipinski definition) is 4. The number of amides is 2. The van der Waals surface area contributed by atoms with Gasteiger partial charge in [0.05, 0.1) is 7.11 Å². The molecule has 1 fully saturated rings. The first kappa shape index (κ1) is 15.8. The van der Waals surface area contributed by atoms with Crippen LogP contribution in [-0.4, -0.2) is 22.8 Å². The number of hydrogen-bond donors (Lipinski definition) is 1. The van der Waals surface area contributed by atoms with Crippen LogP contribution in [0.4, 0.5) is 4.79 Å². The molecule has 0 saturated carbocycles. The van der Waals surface area contributed by atoms with Crippen LogP contribution in [-0.2, 0) is 11.3 Å². The Bertz CT molecular complexity index is 962. The lowest BCUT2D eigenvalue weighted by Gasteiger charge is -2.10. The smallest absolute Gasteiger partial charge is 0.286 e. The van der Waals surface area contributed by atoms with Gasteiger partial charge in [-0.1, -0.05) is 24.3 Å². The molecule has 1 aromatic heterocycles. The van der Waals surface area contributed by atoms with E-state index in [1.165, 1.54) is 0 Å². The Hall–Kier alpha value is -2.73. The van der Waals surface area contributed by atoms with Crippen molar-refractivity contribution in [3.05, 3.63) is 65.9 Å². The van der Waals surface area contributed by atoms with Gasteiger partial charge in [-0.2, -0.15) is 0 Å². The van der Waals surface area contributed by atoms with E-state index in [1.54, 1.807) is 7.11 Å². The topological polar surface area (TPSA) is 60.3 Å². The third-order valence-electron chi connectivity index (χ3n) is 4.30. The van der Waals surface area contributed by atoms with E-state index in [-0.39, 0.29) is 11.1 Å². The molecular formula is C19H16N2O3S. The van der Waals surface area contributed by atoms with Crippen molar-refractivity contribution in [3.8, 4) is 5.75 Å². The lowest BCUT2D eigenvalue weighted by molar-refractivity contribution is -0.119. The predicted octanol–water partition coefficient (Wildman–Crippen LogP) is 3.72. The van der Waals surface area contributed by atoms with E-state index >= 15 is 0 Å². The van der Waals surface area contributed by atoms with E-state index in [0.29, 0.717) is 0 Å². The van der Waals surface area contributed by atoms with Crippen molar-refractivity contribution in [1.82, 2.24) is 9.88 Å². The van der Waals surface area contributed by atoms with Crippen molar-refractivity contribution in [2.75, 3.05) is 7.11 Å². The maximum Gasteiger partial charge on any atom is 0.286 e. The van der Waals surface area contributed by atoms with E-state index in [2.05, 4.69) is 16.0 Å². The molecule has 2 heterocycles. The van der Waals surface area contributed by atoms with Crippen molar-refractivity contribution in [1.29, 1.82) is 0 Å². The van der Waals surface area contributed by atoms with Crippen LogP contribution < -0.4 is 10.1 Å². The van der Waals surface area contributed by atoms with Crippen molar-refractivity contribution in [2.24, 2.45) is 0 Å². The van der Waals surface area contributed by atoms with Crippen molar-refractivity contribution < 1.29 is 14.3 Å². The summed E-state index contributed by atoms with van der Waals surface area (Å²) in [6, 6.07) is 15.9. The fraction of sp³-hybridized carbons (Fsp3) is 0.158. The second kappa shape index (κ2) is 6.29. The molecule has 0 bridgehead atoms. The molecule has 1 saturated heterocycles. The third-order valence-corrected chi connectivity index (χ3v) is 5.34. The molecule has 2 aromatic carbocycles. The normalized spacial score (nSPS) is 17.1. The Kier molecular flexibility index (Phi) is 3.97. The minimum atomic E-state index is -0.471. The van der Waals surface area contributed by atoms with E-state index in [9.17, 15) is 9.59 Å². The van der Waals surface area contributed by atoms with Crippen molar-refractivity contribution in [3.63, 3.8) is 0 Å². The number of nitrogens with zero attached hydrogens (tertiary/aromatic N) is 1. The molecule has 126 valence electrons. The van der Waals surface area contributed by atoms with Crippen LogP contribution >= 0.6 is 11.8 Å². The Balaban J connectivity index is 1.66. The van der Waals surface area contributed by atoms with Gasteiger partial charge in [0.2, 0.25) is 5.91 Å². The van der Waals surface area contributed by atoms with Crippen LogP contribution in [0.5, 0.6) is 5.75 Å². The number of aromatic nitrogens is 1. The van der Waals surface area contributed by atoms with Crippen LogP contribution in [0, 0.1) is 0 Å². The molecule has 6 heteroatoms. The van der Waals surface area contributed by atoms with Gasteiger partial charge in [-0.25, -0.2) is 0 Å². The largest absolute Gasteiger partial charge is 0.497 e. The monoisotopic (exact) mass is 352 g/mol. The SMILES string of the molecule is COc1ccc(Cn2ccc3ccc(C4SC(=O)NC4=O)cc32)cc1. The Morgan fingerprint density at radius 1 is 1.12 bits per heavy atom. The second-order valence-electron chi connectivity index (χ2n) is 5.88. The van der Waals surface area contributed by atoms with Gasteiger partial charge in [0.15, 0.2) is 0 Å². The average Bonchev–Trinajstić information content (AvgIpc) is 3.18. The van der Waals surface area contributed by atoms with Crippen LogP contribution in [0.1, 0.15) is 16.4 Å². The van der Waals surface area contributed by atoms with Gasteiger partial charge in [-0.05, 0) is 52.5 Å². The van der Waals surface area contributed by atoms with E-state index in [1.807, 2.05) is 48.7 Å². The fourth-order valence-electron chi connectivity index (χ4n) is 3.01. The predicted molar refractivity (Wildman–Crippen MR) is 97.9 cm³/mol. The summed E-state index contributed by atoms with van der Waals surface area (Å²) >= 11 is 1.03. The summed E-state index contributed by atoms with van der Waals surface area (Å²) < 4.78 is 7.33. The Morgan fingerprint density at radius 3 is 2.60 bits per heavy atom. The molecule has 4 rings (SSSR count). The number of thioether (sulfide) groups is 1. The minimum absolute atomic E-state index is 0.248. The molecule has 3 aromatic rings. The van der Waals surface area contributed by atoms with Gasteiger partial charge in [0.1, 0.15) is 11.0 Å². The molecule has 1 N–H and O–H groups in total. The summed E-state index contributed by atoms with van der Waals surface area (Å²) in [7, 11) is 1.65. The molecule has 1 aliphatic rings. The lowest BCUT2D eigenvalue weighted by atomic mass is 10.1. The summed E-state index contributed by atoms with van der Waals surface area (Å²) in [5.41, 5.74) is 3.04. The average molecular weight is 352 g/mol. The molecular weight excluding hydrogens is 336 g/mol. The zero-order valence-corrected chi connectivity index (χ0v) is 14.4. The summed E-state index contributed by atoms with van der Waals surface area (Å²) in [4.78, 5) is 23.4. The highest BCUT2D eigenvalue weighted by Gasteiger charge is 2.33. The number of benzene rings is 2. The highest BCUT2D eigenvalue weighted by atomic mass is 32.2. The molecule has 0 aliphatic carbocycles. The quantitative estimate of drug-likeness (QED) is 0.777. The molecule has 1 aliphatic heterocycles. The maximum absolute atomic E-state index is 11.9. The van der Waals surface area contributed by atoms with Crippen LogP contribution in [0.3, 0.4) is 0 Å². The highest BCUT2D eigenvalue weighted by Crippen LogP contribution is 2.35. The number of rotatable bonds is 4. The van der Waals surface area contributed by atoms with Gasteiger partial charge >= 0.3 is 0 Å². The summed E-state index contributed by atoms with van der Waals surface area (Å²) in [5.74, 6) is 0.583. The number of carbonyl (C=O) groups is 2. The van der Waals surface area contributed by atoms with E-state index < -0.39 is 5.25 Å². The van der Waals surface area contributed by atoms with Crippen LogP contribution in [0.2, 0.25) is 0 Å². The number of methoxy groups -OCH3 is 1. The summed E-state index contributed by atoms with van der Waals surface area (Å²) in [6.45, 7) is 0.722. The van der Waals surface area contributed by atoms with E-state index in [4.69, 9.17) is 4.74 Å². The second-order valence-corrected chi connectivity index (χ2v) is 6.96. The molecule has 0 radical (unpaired) electrons. The van der Waals surface area contributed by atoms with E-state index in [0.717, 1.165) is 46.1 Å². The third kappa shape index (κ3) is 3.00. The fourth-order valence-corrected chi connectivity index (χ4v) is 3.83. The van der Waals surface area contributed by atoms with Gasteiger partial charge in [0.25, 0.3) is 5.24 Å². The Labute approximate surface area is 149 Å². The van der Waals surface area contributed by atoms with Gasteiger partial charge in [0, 0.05) is 18.3 Å². The highest BCUT2D eigenvalue weighted by molar-refractivity contribution is 8.15. The molecule has 1 atom stereocenters. The van der Waals surface area contributed by atoms with Crippen LogP contribution in [0.15, 0.2) is 54.7 Å². The lowest BCUT2D eigenvalue weighted by Crippen LogP contribution is -2.20. The zero-order valence-electron chi connectivity index (χ0n) is 13.6. The van der Waals surface area contributed by atoms with Gasteiger partial charge in [-0.3, -0.25) is 14.9 Å². The van der Waals surface area contributed by atoms with Crippen LogP contribution in [0.25, 0.3) is 10.9 Å². The maximum atomic E-state index is 11.9. The first-order valence-corrected chi connectivity index (χ1v) is 8.75.